The molecule has 0 spiro atoms. The Labute approximate surface area is 141 Å². The third-order valence-electron chi connectivity index (χ3n) is 3.77. The van der Waals surface area contributed by atoms with E-state index in [1.807, 2.05) is 18.2 Å². The minimum atomic E-state index is -0.498. The molecule has 0 heterocycles. The zero-order valence-corrected chi connectivity index (χ0v) is 14.0. The highest BCUT2D eigenvalue weighted by Gasteiger charge is 2.10. The quantitative estimate of drug-likeness (QED) is 0.821. The van der Waals surface area contributed by atoms with Crippen LogP contribution in [0.1, 0.15) is 35.3 Å². The lowest BCUT2D eigenvalue weighted by Gasteiger charge is -2.14. The average molecular weight is 326 g/mol. The minimum Gasteiger partial charge on any atom is -0.484 e. The summed E-state index contributed by atoms with van der Waals surface area (Å²) in [7, 11) is 0. The number of carbonyl (C=O) groups is 2. The number of anilines is 1. The van der Waals surface area contributed by atoms with E-state index >= 15 is 0 Å². The number of primary amides is 1. The second-order valence-electron chi connectivity index (χ2n) is 5.38. The molecule has 0 unspecified atom stereocenters. The van der Waals surface area contributed by atoms with Crippen molar-refractivity contribution < 1.29 is 14.3 Å². The van der Waals surface area contributed by atoms with Crippen molar-refractivity contribution in [1.82, 2.24) is 0 Å². The van der Waals surface area contributed by atoms with Crippen molar-refractivity contribution in [2.45, 2.75) is 26.7 Å². The van der Waals surface area contributed by atoms with E-state index in [4.69, 9.17) is 10.5 Å². The molecule has 2 rings (SSSR count). The van der Waals surface area contributed by atoms with E-state index in [1.165, 1.54) is 0 Å². The number of benzene rings is 2. The molecule has 0 radical (unpaired) electrons. The summed E-state index contributed by atoms with van der Waals surface area (Å²) in [5.74, 6) is -0.207. The standard InChI is InChI=1S/C19H22N2O3/c1-3-13-6-5-7-14(4-2)18(13)21-17(22)12-24-16-10-8-15(9-11-16)19(20)23/h5-11H,3-4,12H2,1-2H3,(H2,20,23)(H,21,22). The Bertz CT molecular complexity index is 702. The van der Waals surface area contributed by atoms with Crippen molar-refractivity contribution in [2.24, 2.45) is 5.73 Å². The smallest absolute Gasteiger partial charge is 0.262 e. The monoisotopic (exact) mass is 326 g/mol. The normalized spacial score (nSPS) is 10.2. The number of ether oxygens (including phenoxy) is 1. The van der Waals surface area contributed by atoms with E-state index in [2.05, 4.69) is 19.2 Å². The first-order chi connectivity index (χ1) is 11.5. The molecule has 0 aliphatic carbocycles. The lowest BCUT2D eigenvalue weighted by molar-refractivity contribution is -0.118. The zero-order valence-electron chi connectivity index (χ0n) is 14.0. The lowest BCUT2D eigenvalue weighted by Crippen LogP contribution is -2.21. The Morgan fingerprint density at radius 2 is 1.58 bits per heavy atom. The molecule has 126 valence electrons. The van der Waals surface area contributed by atoms with Gasteiger partial charge in [-0.1, -0.05) is 32.0 Å². The largest absolute Gasteiger partial charge is 0.484 e. The van der Waals surface area contributed by atoms with Gasteiger partial charge in [0.2, 0.25) is 5.91 Å². The maximum Gasteiger partial charge on any atom is 0.262 e. The molecule has 0 fully saturated rings. The number of carbonyl (C=O) groups excluding carboxylic acids is 2. The predicted molar refractivity (Wildman–Crippen MR) is 94.3 cm³/mol. The fourth-order valence-electron chi connectivity index (χ4n) is 2.44. The number of rotatable bonds is 7. The van der Waals surface area contributed by atoms with Gasteiger partial charge in [-0.25, -0.2) is 0 Å². The van der Waals surface area contributed by atoms with Crippen LogP contribution < -0.4 is 15.8 Å². The third-order valence-corrected chi connectivity index (χ3v) is 3.77. The predicted octanol–water partition coefficient (Wildman–Crippen LogP) is 2.93. The van der Waals surface area contributed by atoms with Gasteiger partial charge in [0.05, 0.1) is 0 Å². The molecular formula is C19H22N2O3. The molecule has 5 nitrogen and oxygen atoms in total. The third kappa shape index (κ3) is 4.35. The van der Waals surface area contributed by atoms with Crippen LogP contribution in [0.4, 0.5) is 5.69 Å². The second kappa shape index (κ2) is 8.15. The Morgan fingerprint density at radius 3 is 2.08 bits per heavy atom. The van der Waals surface area contributed by atoms with Crippen LogP contribution in [0, 0.1) is 0 Å². The number of amides is 2. The summed E-state index contributed by atoms with van der Waals surface area (Å²) in [5, 5.41) is 2.94. The van der Waals surface area contributed by atoms with Crippen LogP contribution in [-0.2, 0) is 17.6 Å². The molecule has 0 atom stereocenters. The van der Waals surface area contributed by atoms with Crippen molar-refractivity contribution in [3.05, 3.63) is 59.2 Å². The van der Waals surface area contributed by atoms with Crippen LogP contribution in [0.15, 0.2) is 42.5 Å². The SMILES string of the molecule is CCc1cccc(CC)c1NC(=O)COc1ccc(C(N)=O)cc1. The van der Waals surface area contributed by atoms with Crippen LogP contribution in [0.25, 0.3) is 0 Å². The summed E-state index contributed by atoms with van der Waals surface area (Å²) in [6.07, 6.45) is 1.69. The number of nitrogens with two attached hydrogens (primary N) is 1. The highest BCUT2D eigenvalue weighted by molar-refractivity contribution is 5.94. The number of para-hydroxylation sites is 1. The maximum absolute atomic E-state index is 12.2. The topological polar surface area (TPSA) is 81.4 Å². The van der Waals surface area contributed by atoms with Crippen molar-refractivity contribution in [2.75, 3.05) is 11.9 Å². The fraction of sp³-hybridized carbons (Fsp3) is 0.263. The van der Waals surface area contributed by atoms with Crippen LogP contribution in [0.2, 0.25) is 0 Å². The van der Waals surface area contributed by atoms with Gasteiger partial charge in [0.15, 0.2) is 6.61 Å². The molecule has 0 saturated heterocycles. The molecule has 2 aromatic carbocycles. The van der Waals surface area contributed by atoms with Crippen molar-refractivity contribution >= 4 is 17.5 Å². The first-order valence-electron chi connectivity index (χ1n) is 7.98. The van der Waals surface area contributed by atoms with E-state index < -0.39 is 5.91 Å². The molecular weight excluding hydrogens is 304 g/mol. The lowest BCUT2D eigenvalue weighted by atomic mass is 10.0. The molecule has 2 amide bonds. The molecule has 0 aromatic heterocycles. The first kappa shape index (κ1) is 17.5. The van der Waals surface area contributed by atoms with Gasteiger partial charge in [-0.05, 0) is 48.2 Å². The summed E-state index contributed by atoms with van der Waals surface area (Å²) in [6.45, 7) is 4.01. The molecule has 0 bridgehead atoms. The average Bonchev–Trinajstić information content (AvgIpc) is 2.60. The Balaban J connectivity index is 2.00. The molecule has 0 saturated carbocycles. The van der Waals surface area contributed by atoms with E-state index in [9.17, 15) is 9.59 Å². The van der Waals surface area contributed by atoms with Gasteiger partial charge in [0, 0.05) is 11.3 Å². The van der Waals surface area contributed by atoms with Crippen LogP contribution in [0.3, 0.4) is 0 Å². The zero-order chi connectivity index (χ0) is 17.5. The van der Waals surface area contributed by atoms with Gasteiger partial charge in [-0.3, -0.25) is 9.59 Å². The van der Waals surface area contributed by atoms with Gasteiger partial charge in [-0.2, -0.15) is 0 Å². The van der Waals surface area contributed by atoms with Gasteiger partial charge in [0.1, 0.15) is 5.75 Å². The van der Waals surface area contributed by atoms with Crippen molar-refractivity contribution in [3.63, 3.8) is 0 Å². The number of hydrogen-bond donors (Lipinski definition) is 2. The summed E-state index contributed by atoms with van der Waals surface area (Å²) >= 11 is 0. The Hall–Kier alpha value is -2.82. The minimum absolute atomic E-state index is 0.100. The van der Waals surface area contributed by atoms with Crippen LogP contribution in [-0.4, -0.2) is 18.4 Å². The van der Waals surface area contributed by atoms with E-state index in [0.29, 0.717) is 11.3 Å². The Kier molecular flexibility index (Phi) is 5.95. The highest BCUT2D eigenvalue weighted by atomic mass is 16.5. The second-order valence-corrected chi connectivity index (χ2v) is 5.38. The molecule has 24 heavy (non-hydrogen) atoms. The molecule has 2 aromatic rings. The Morgan fingerprint density at radius 1 is 1.00 bits per heavy atom. The molecule has 0 aliphatic heterocycles. The number of nitrogens with one attached hydrogen (secondary N) is 1. The first-order valence-corrected chi connectivity index (χ1v) is 7.98. The molecule has 5 heteroatoms. The van der Waals surface area contributed by atoms with E-state index in [0.717, 1.165) is 29.7 Å². The molecule has 3 N–H and O–H groups in total. The van der Waals surface area contributed by atoms with E-state index in [1.54, 1.807) is 24.3 Å². The van der Waals surface area contributed by atoms with Gasteiger partial charge in [0.25, 0.3) is 5.91 Å². The number of hydrogen-bond acceptors (Lipinski definition) is 3. The van der Waals surface area contributed by atoms with Gasteiger partial charge in [-0.15, -0.1) is 0 Å². The summed E-state index contributed by atoms with van der Waals surface area (Å²) in [5.41, 5.74) is 8.67. The summed E-state index contributed by atoms with van der Waals surface area (Å²) < 4.78 is 5.46. The fourth-order valence-corrected chi connectivity index (χ4v) is 2.44. The molecule has 0 aliphatic rings. The van der Waals surface area contributed by atoms with Crippen molar-refractivity contribution in [1.29, 1.82) is 0 Å². The summed E-state index contributed by atoms with van der Waals surface area (Å²) in [6, 6.07) is 12.4. The summed E-state index contributed by atoms with van der Waals surface area (Å²) in [4.78, 5) is 23.2. The van der Waals surface area contributed by atoms with Gasteiger partial charge >= 0.3 is 0 Å². The maximum atomic E-state index is 12.2. The van der Waals surface area contributed by atoms with Crippen LogP contribution in [0.5, 0.6) is 5.75 Å². The van der Waals surface area contributed by atoms with Gasteiger partial charge < -0.3 is 15.8 Å². The number of aryl methyl sites for hydroxylation is 2. The van der Waals surface area contributed by atoms with E-state index in [-0.39, 0.29) is 12.5 Å². The van der Waals surface area contributed by atoms with Crippen LogP contribution >= 0.6 is 0 Å². The van der Waals surface area contributed by atoms with Crippen molar-refractivity contribution in [3.8, 4) is 5.75 Å². The highest BCUT2D eigenvalue weighted by Crippen LogP contribution is 2.22.